The lowest BCUT2D eigenvalue weighted by atomic mass is 9.67. The molecule has 1 aliphatic carbocycles. The highest BCUT2D eigenvalue weighted by atomic mass is 16.5. The summed E-state index contributed by atoms with van der Waals surface area (Å²) < 4.78 is 23.5. The molecular formula is C37H38O4. The minimum atomic E-state index is -0.457. The number of fused-ring (bicyclic) bond motifs is 3. The van der Waals surface area contributed by atoms with Crippen LogP contribution in [0.1, 0.15) is 47.2 Å². The van der Waals surface area contributed by atoms with E-state index in [4.69, 9.17) is 18.9 Å². The minimum absolute atomic E-state index is 0.0973. The molecule has 3 aliphatic rings. The summed E-state index contributed by atoms with van der Waals surface area (Å²) in [6, 6.07) is 31.2. The predicted molar refractivity (Wildman–Crippen MR) is 162 cm³/mol. The van der Waals surface area contributed by atoms with Crippen LogP contribution in [0.25, 0.3) is 11.1 Å². The fourth-order valence-electron chi connectivity index (χ4n) is 6.68. The Morgan fingerprint density at radius 1 is 0.585 bits per heavy atom. The van der Waals surface area contributed by atoms with Gasteiger partial charge >= 0.3 is 0 Å². The summed E-state index contributed by atoms with van der Waals surface area (Å²) in [5.74, 6) is 1.87. The van der Waals surface area contributed by atoms with E-state index >= 15 is 0 Å². The van der Waals surface area contributed by atoms with E-state index in [1.165, 1.54) is 33.4 Å². The third-order valence-corrected chi connectivity index (χ3v) is 9.12. The highest BCUT2D eigenvalue weighted by molar-refractivity contribution is 5.86. The van der Waals surface area contributed by atoms with E-state index in [0.29, 0.717) is 13.2 Å². The van der Waals surface area contributed by atoms with Crippen LogP contribution in [0, 0.1) is 24.7 Å². The molecule has 2 fully saturated rings. The topological polar surface area (TPSA) is 36.9 Å². The summed E-state index contributed by atoms with van der Waals surface area (Å²) in [6.07, 6.45) is 0. The van der Waals surface area contributed by atoms with Gasteiger partial charge in [0.05, 0.1) is 45.1 Å². The van der Waals surface area contributed by atoms with Crippen molar-refractivity contribution < 1.29 is 18.9 Å². The molecule has 0 N–H and O–H groups in total. The highest BCUT2D eigenvalue weighted by Gasteiger charge is 2.46. The first kappa shape index (κ1) is 26.3. The maximum Gasteiger partial charge on any atom is 0.122 e. The Morgan fingerprint density at radius 3 is 1.37 bits per heavy atom. The summed E-state index contributed by atoms with van der Waals surface area (Å²) in [5.41, 5.74) is 9.68. The van der Waals surface area contributed by atoms with Gasteiger partial charge in [-0.05, 0) is 70.5 Å². The van der Waals surface area contributed by atoms with Gasteiger partial charge in [-0.2, -0.15) is 0 Å². The smallest absolute Gasteiger partial charge is 0.122 e. The van der Waals surface area contributed by atoms with E-state index in [9.17, 15) is 0 Å². The third kappa shape index (κ3) is 4.27. The molecule has 4 aromatic rings. The predicted octanol–water partition coefficient (Wildman–Crippen LogP) is 7.50. The number of rotatable bonds is 8. The van der Waals surface area contributed by atoms with Crippen LogP contribution in [0.3, 0.4) is 0 Å². The van der Waals surface area contributed by atoms with Crippen molar-refractivity contribution in [2.75, 3.05) is 39.6 Å². The summed E-state index contributed by atoms with van der Waals surface area (Å²) >= 11 is 0. The molecule has 0 atom stereocenters. The first-order chi connectivity index (χ1) is 19.8. The van der Waals surface area contributed by atoms with Crippen LogP contribution in [-0.4, -0.2) is 39.6 Å². The van der Waals surface area contributed by atoms with Crippen LogP contribution in [0.2, 0.25) is 0 Å². The van der Waals surface area contributed by atoms with Gasteiger partial charge in [0.25, 0.3) is 0 Å². The minimum Gasteiger partial charge on any atom is -0.493 e. The van der Waals surface area contributed by atoms with Gasteiger partial charge in [0.1, 0.15) is 11.5 Å². The van der Waals surface area contributed by atoms with Crippen LogP contribution in [0.5, 0.6) is 11.5 Å². The molecule has 0 aromatic heterocycles. The van der Waals surface area contributed by atoms with Gasteiger partial charge in [-0.3, -0.25) is 0 Å². The lowest BCUT2D eigenvalue weighted by Gasteiger charge is -2.38. The van der Waals surface area contributed by atoms with Crippen molar-refractivity contribution in [3.05, 3.63) is 118 Å². The van der Waals surface area contributed by atoms with Crippen molar-refractivity contribution >= 4 is 0 Å². The third-order valence-electron chi connectivity index (χ3n) is 9.12. The standard InChI is InChI=1S/C37H38O4/c1-25-17-27(13-15-33(25)40-23-35(3)19-38-20-35)37(31-11-7-5-9-29(31)30-10-6-8-12-32(30)37)28-14-16-34(26(2)18-28)41-24-36(4)21-39-22-36/h5-18H,19-24H2,1-4H3. The average molecular weight is 547 g/mol. The number of benzene rings is 4. The number of hydrogen-bond donors (Lipinski definition) is 0. The van der Waals surface area contributed by atoms with Crippen molar-refractivity contribution in [3.63, 3.8) is 0 Å². The molecule has 0 unspecified atom stereocenters. The molecule has 0 amide bonds. The van der Waals surface area contributed by atoms with Gasteiger partial charge in [0, 0.05) is 10.8 Å². The molecule has 2 saturated heterocycles. The molecule has 210 valence electrons. The van der Waals surface area contributed by atoms with Crippen LogP contribution < -0.4 is 9.47 Å². The Hall–Kier alpha value is -3.60. The lowest BCUT2D eigenvalue weighted by molar-refractivity contribution is -0.120. The maximum atomic E-state index is 6.34. The van der Waals surface area contributed by atoms with Gasteiger partial charge in [-0.25, -0.2) is 0 Å². The molecule has 7 rings (SSSR count). The van der Waals surface area contributed by atoms with E-state index in [2.05, 4.69) is 113 Å². The van der Waals surface area contributed by atoms with Gasteiger partial charge in [-0.1, -0.05) is 86.6 Å². The first-order valence-corrected chi connectivity index (χ1v) is 14.6. The van der Waals surface area contributed by atoms with Crippen molar-refractivity contribution in [3.8, 4) is 22.6 Å². The summed E-state index contributed by atoms with van der Waals surface area (Å²) in [5, 5.41) is 0. The van der Waals surface area contributed by atoms with E-state index in [1.807, 2.05) is 0 Å². The van der Waals surface area contributed by atoms with Gasteiger partial charge < -0.3 is 18.9 Å². The van der Waals surface area contributed by atoms with Gasteiger partial charge in [0.2, 0.25) is 0 Å². The van der Waals surface area contributed by atoms with Crippen LogP contribution >= 0.6 is 0 Å². The average Bonchev–Trinajstić information content (AvgIpc) is 3.25. The maximum absolute atomic E-state index is 6.34. The van der Waals surface area contributed by atoms with Gasteiger partial charge in [-0.15, -0.1) is 0 Å². The zero-order valence-corrected chi connectivity index (χ0v) is 24.5. The summed E-state index contributed by atoms with van der Waals surface area (Å²) in [6.45, 7) is 13.1. The Bertz CT molecular complexity index is 1490. The van der Waals surface area contributed by atoms with Crippen LogP contribution in [0.15, 0.2) is 84.9 Å². The molecule has 2 heterocycles. The molecule has 0 bridgehead atoms. The van der Waals surface area contributed by atoms with E-state index in [0.717, 1.165) is 49.1 Å². The molecule has 0 radical (unpaired) electrons. The molecular weight excluding hydrogens is 508 g/mol. The molecule has 4 nitrogen and oxygen atoms in total. The molecule has 4 aromatic carbocycles. The highest BCUT2D eigenvalue weighted by Crippen LogP contribution is 2.56. The lowest BCUT2D eigenvalue weighted by Crippen LogP contribution is -2.44. The van der Waals surface area contributed by atoms with Crippen molar-refractivity contribution in [1.29, 1.82) is 0 Å². The number of hydrogen-bond acceptors (Lipinski definition) is 4. The van der Waals surface area contributed by atoms with E-state index in [1.54, 1.807) is 0 Å². The van der Waals surface area contributed by atoms with Crippen molar-refractivity contribution in [2.45, 2.75) is 33.1 Å². The van der Waals surface area contributed by atoms with E-state index in [-0.39, 0.29) is 10.8 Å². The number of ether oxygens (including phenoxy) is 4. The van der Waals surface area contributed by atoms with Gasteiger partial charge in [0.15, 0.2) is 0 Å². The molecule has 0 spiro atoms. The Labute approximate surface area is 243 Å². The number of aryl methyl sites for hydroxylation is 2. The Balaban J connectivity index is 1.34. The molecule has 0 saturated carbocycles. The second kappa shape index (κ2) is 9.75. The quantitative estimate of drug-likeness (QED) is 0.202. The van der Waals surface area contributed by atoms with Crippen LogP contribution in [-0.2, 0) is 14.9 Å². The molecule has 4 heteroatoms. The second-order valence-electron chi connectivity index (χ2n) is 13.0. The largest absolute Gasteiger partial charge is 0.493 e. The fourth-order valence-corrected chi connectivity index (χ4v) is 6.68. The SMILES string of the molecule is Cc1cc(C2(c3ccc(OCC4(C)COC4)c(C)c3)c3ccccc3-c3ccccc32)ccc1OCC1(C)COC1. The normalized spacial score (nSPS) is 18.9. The van der Waals surface area contributed by atoms with Crippen molar-refractivity contribution in [2.24, 2.45) is 10.8 Å². The zero-order valence-electron chi connectivity index (χ0n) is 24.5. The van der Waals surface area contributed by atoms with Crippen molar-refractivity contribution in [1.82, 2.24) is 0 Å². The van der Waals surface area contributed by atoms with E-state index < -0.39 is 5.41 Å². The summed E-state index contributed by atoms with van der Waals surface area (Å²) in [4.78, 5) is 0. The molecule has 41 heavy (non-hydrogen) atoms. The summed E-state index contributed by atoms with van der Waals surface area (Å²) in [7, 11) is 0. The second-order valence-corrected chi connectivity index (χ2v) is 13.0. The Kier molecular flexibility index (Phi) is 6.26. The fraction of sp³-hybridized carbons (Fsp3) is 0.351. The van der Waals surface area contributed by atoms with Crippen LogP contribution in [0.4, 0.5) is 0 Å². The first-order valence-electron chi connectivity index (χ1n) is 14.6. The Morgan fingerprint density at radius 2 is 1.00 bits per heavy atom. The monoisotopic (exact) mass is 546 g/mol. The zero-order chi connectivity index (χ0) is 28.2. The molecule has 2 aliphatic heterocycles.